The Kier molecular flexibility index (Phi) is 4.88. The lowest BCUT2D eigenvalue weighted by atomic mass is 9.98. The number of nitrogens with one attached hydrogen (secondary N) is 2. The minimum absolute atomic E-state index is 0.283. The zero-order chi connectivity index (χ0) is 17.8. The number of anilines is 4. The largest absolute Gasteiger partial charge is 0.339 e. The Hall–Kier alpha value is -3.02. The van der Waals surface area contributed by atoms with Crippen molar-refractivity contribution in [2.45, 2.75) is 26.7 Å². The summed E-state index contributed by atoms with van der Waals surface area (Å²) in [5.74, 6) is 1.03. The Bertz CT molecular complexity index is 862. The van der Waals surface area contributed by atoms with Crippen molar-refractivity contribution in [3.05, 3.63) is 65.6 Å². The molecule has 0 aliphatic heterocycles. The van der Waals surface area contributed by atoms with Crippen molar-refractivity contribution in [2.24, 2.45) is 0 Å². The van der Waals surface area contributed by atoms with Crippen molar-refractivity contribution in [3.63, 3.8) is 0 Å². The summed E-state index contributed by atoms with van der Waals surface area (Å²) < 4.78 is 13.0. The summed E-state index contributed by atoms with van der Waals surface area (Å²) in [5.41, 5.74) is 4.04. The molecule has 2 N–H and O–H groups in total. The second kappa shape index (κ2) is 7.25. The zero-order valence-electron chi connectivity index (χ0n) is 14.4. The Morgan fingerprint density at radius 3 is 2.48 bits per heavy atom. The molecule has 128 valence electrons. The van der Waals surface area contributed by atoms with Crippen LogP contribution in [0, 0.1) is 12.7 Å². The molecule has 3 aromatic rings. The Morgan fingerprint density at radius 2 is 1.76 bits per heavy atom. The molecule has 0 radical (unpaired) electrons. The molecule has 0 fully saturated rings. The monoisotopic (exact) mass is 337 g/mol. The number of halogens is 1. The van der Waals surface area contributed by atoms with E-state index in [0.29, 0.717) is 17.7 Å². The minimum atomic E-state index is -0.283. The van der Waals surface area contributed by atoms with Crippen molar-refractivity contribution in [1.29, 1.82) is 0 Å². The molecule has 6 heteroatoms. The molecule has 0 atom stereocenters. The van der Waals surface area contributed by atoms with E-state index in [1.54, 1.807) is 12.1 Å². The third-order valence-electron chi connectivity index (χ3n) is 3.84. The average Bonchev–Trinajstić information content (AvgIpc) is 2.59. The summed E-state index contributed by atoms with van der Waals surface area (Å²) in [6.07, 6.45) is 1.52. The molecule has 0 aliphatic carbocycles. The number of benzene rings is 2. The van der Waals surface area contributed by atoms with Gasteiger partial charge in [0.25, 0.3) is 0 Å². The quantitative estimate of drug-likeness (QED) is 0.691. The molecule has 0 unspecified atom stereocenters. The van der Waals surface area contributed by atoms with Crippen LogP contribution in [0.5, 0.6) is 0 Å². The van der Waals surface area contributed by atoms with E-state index in [2.05, 4.69) is 45.7 Å². The van der Waals surface area contributed by atoms with Gasteiger partial charge in [-0.05, 0) is 48.2 Å². The van der Waals surface area contributed by atoms with E-state index in [1.807, 2.05) is 19.1 Å². The van der Waals surface area contributed by atoms with Gasteiger partial charge in [-0.15, -0.1) is 5.10 Å². The standard InChI is InChI=1S/C19H20FN5/c1-12(2)16-6-4-5-13(3)18(16)24-19-23-17(11-21-25-19)22-15-9-7-14(20)8-10-15/h4-12H,1-3H3,(H2,22,23,24,25). The number of para-hydroxylation sites is 1. The molecule has 0 saturated heterocycles. The predicted octanol–water partition coefficient (Wildman–Crippen LogP) is 4.93. The fourth-order valence-electron chi connectivity index (χ4n) is 2.55. The van der Waals surface area contributed by atoms with Gasteiger partial charge < -0.3 is 10.6 Å². The fraction of sp³-hybridized carbons (Fsp3) is 0.211. The van der Waals surface area contributed by atoms with E-state index in [0.717, 1.165) is 16.9 Å². The van der Waals surface area contributed by atoms with Crippen LogP contribution < -0.4 is 10.6 Å². The minimum Gasteiger partial charge on any atom is -0.339 e. The average molecular weight is 337 g/mol. The fourth-order valence-corrected chi connectivity index (χ4v) is 2.55. The van der Waals surface area contributed by atoms with E-state index in [-0.39, 0.29) is 5.82 Å². The van der Waals surface area contributed by atoms with Gasteiger partial charge in [-0.3, -0.25) is 0 Å². The van der Waals surface area contributed by atoms with Crippen LogP contribution in [-0.2, 0) is 0 Å². The molecule has 25 heavy (non-hydrogen) atoms. The Morgan fingerprint density at radius 1 is 1.00 bits per heavy atom. The first-order valence-electron chi connectivity index (χ1n) is 8.12. The molecule has 0 spiro atoms. The third-order valence-corrected chi connectivity index (χ3v) is 3.84. The van der Waals surface area contributed by atoms with Crippen LogP contribution in [-0.4, -0.2) is 15.2 Å². The summed E-state index contributed by atoms with van der Waals surface area (Å²) in [7, 11) is 0. The summed E-state index contributed by atoms with van der Waals surface area (Å²) in [4.78, 5) is 4.44. The molecule has 5 nitrogen and oxygen atoms in total. The van der Waals surface area contributed by atoms with E-state index >= 15 is 0 Å². The maximum absolute atomic E-state index is 13.0. The van der Waals surface area contributed by atoms with Gasteiger partial charge in [0.05, 0.1) is 6.20 Å². The first kappa shape index (κ1) is 16.8. The topological polar surface area (TPSA) is 62.7 Å². The maximum atomic E-state index is 13.0. The van der Waals surface area contributed by atoms with E-state index in [4.69, 9.17) is 0 Å². The van der Waals surface area contributed by atoms with Crippen molar-refractivity contribution in [3.8, 4) is 0 Å². The van der Waals surface area contributed by atoms with E-state index < -0.39 is 0 Å². The van der Waals surface area contributed by atoms with Crippen LogP contribution in [0.3, 0.4) is 0 Å². The van der Waals surface area contributed by atoms with E-state index in [9.17, 15) is 4.39 Å². The molecule has 0 saturated carbocycles. The molecular weight excluding hydrogens is 317 g/mol. The third kappa shape index (κ3) is 4.09. The maximum Gasteiger partial charge on any atom is 0.249 e. The van der Waals surface area contributed by atoms with Gasteiger partial charge in [0.1, 0.15) is 5.82 Å². The summed E-state index contributed by atoms with van der Waals surface area (Å²) >= 11 is 0. The van der Waals surface area contributed by atoms with Crippen LogP contribution in [0.1, 0.15) is 30.9 Å². The second-order valence-corrected chi connectivity index (χ2v) is 6.12. The second-order valence-electron chi connectivity index (χ2n) is 6.12. The van der Waals surface area contributed by atoms with Gasteiger partial charge in [-0.2, -0.15) is 10.1 Å². The number of nitrogens with zero attached hydrogens (tertiary/aromatic N) is 3. The Balaban J connectivity index is 1.84. The van der Waals surface area contributed by atoms with E-state index in [1.165, 1.54) is 23.9 Å². The van der Waals surface area contributed by atoms with Gasteiger partial charge in [0, 0.05) is 11.4 Å². The first-order valence-corrected chi connectivity index (χ1v) is 8.12. The number of hydrogen-bond donors (Lipinski definition) is 2. The highest BCUT2D eigenvalue weighted by atomic mass is 19.1. The number of hydrogen-bond acceptors (Lipinski definition) is 5. The number of rotatable bonds is 5. The van der Waals surface area contributed by atoms with Crippen molar-refractivity contribution in [1.82, 2.24) is 15.2 Å². The first-order chi connectivity index (χ1) is 12.0. The zero-order valence-corrected chi connectivity index (χ0v) is 14.4. The van der Waals surface area contributed by atoms with Gasteiger partial charge >= 0.3 is 0 Å². The highest BCUT2D eigenvalue weighted by Gasteiger charge is 2.11. The van der Waals surface area contributed by atoms with Gasteiger partial charge in [0.2, 0.25) is 5.95 Å². The molecule has 0 aliphatic rings. The van der Waals surface area contributed by atoms with Gasteiger partial charge in [-0.1, -0.05) is 32.0 Å². The number of aromatic nitrogens is 3. The van der Waals surface area contributed by atoms with Crippen LogP contribution >= 0.6 is 0 Å². The Labute approximate surface area is 146 Å². The van der Waals surface area contributed by atoms with Crippen molar-refractivity contribution in [2.75, 3.05) is 10.6 Å². The molecule has 1 aromatic heterocycles. The number of aryl methyl sites for hydroxylation is 1. The van der Waals surface area contributed by atoms with Gasteiger partial charge in [0.15, 0.2) is 5.82 Å². The van der Waals surface area contributed by atoms with Crippen LogP contribution in [0.4, 0.5) is 27.5 Å². The summed E-state index contributed by atoms with van der Waals surface area (Å²) in [6.45, 7) is 6.33. The highest BCUT2D eigenvalue weighted by Crippen LogP contribution is 2.29. The highest BCUT2D eigenvalue weighted by molar-refractivity contribution is 5.65. The normalized spacial score (nSPS) is 10.8. The van der Waals surface area contributed by atoms with Gasteiger partial charge in [-0.25, -0.2) is 4.39 Å². The molecule has 0 bridgehead atoms. The molecule has 2 aromatic carbocycles. The lowest BCUT2D eigenvalue weighted by Crippen LogP contribution is -2.06. The SMILES string of the molecule is Cc1cccc(C(C)C)c1Nc1nncc(Nc2ccc(F)cc2)n1. The lowest BCUT2D eigenvalue weighted by Gasteiger charge is -2.16. The van der Waals surface area contributed by atoms with Crippen molar-refractivity contribution < 1.29 is 4.39 Å². The molecular formula is C19H20FN5. The summed E-state index contributed by atoms with van der Waals surface area (Å²) in [6, 6.07) is 12.2. The van der Waals surface area contributed by atoms with Crippen LogP contribution in [0.2, 0.25) is 0 Å². The summed E-state index contributed by atoms with van der Waals surface area (Å²) in [5, 5.41) is 14.4. The van der Waals surface area contributed by atoms with Crippen LogP contribution in [0.15, 0.2) is 48.7 Å². The molecule has 1 heterocycles. The lowest BCUT2D eigenvalue weighted by molar-refractivity contribution is 0.628. The smallest absolute Gasteiger partial charge is 0.249 e. The molecule has 3 rings (SSSR count). The van der Waals surface area contributed by atoms with Crippen molar-refractivity contribution >= 4 is 23.1 Å². The predicted molar refractivity (Wildman–Crippen MR) is 98.1 cm³/mol. The van der Waals surface area contributed by atoms with Crippen LogP contribution in [0.25, 0.3) is 0 Å². The molecule has 0 amide bonds.